The summed E-state index contributed by atoms with van der Waals surface area (Å²) < 4.78 is 1.70. The minimum Gasteiger partial charge on any atom is -0.287 e. The van der Waals surface area contributed by atoms with E-state index in [1.54, 1.807) is 40.2 Å². The van der Waals surface area contributed by atoms with Crippen LogP contribution in [0, 0.1) is 13.8 Å². The predicted octanol–water partition coefficient (Wildman–Crippen LogP) is 3.87. The lowest BCUT2D eigenvalue weighted by Crippen LogP contribution is -2.31. The summed E-state index contributed by atoms with van der Waals surface area (Å²) >= 11 is 3.04. The van der Waals surface area contributed by atoms with Crippen molar-refractivity contribution in [2.45, 2.75) is 38.9 Å². The summed E-state index contributed by atoms with van der Waals surface area (Å²) in [6, 6.07) is 6.91. The highest BCUT2D eigenvalue weighted by atomic mass is 32.2. The third kappa shape index (κ3) is 3.30. The lowest BCUT2D eigenvalue weighted by molar-refractivity contribution is 0.0655. The highest BCUT2D eigenvalue weighted by molar-refractivity contribution is 7.99. The molecule has 0 atom stereocenters. The number of nitrogens with zero attached hydrogens (tertiary/aromatic N) is 3. The summed E-state index contributed by atoms with van der Waals surface area (Å²) in [6.45, 7) is 6.82. The molecular formula is C21H21N3O3S2. The van der Waals surface area contributed by atoms with Crippen LogP contribution in [-0.4, -0.2) is 38.6 Å². The molecule has 0 saturated carbocycles. The molecule has 0 spiro atoms. The molecule has 150 valence electrons. The number of fused-ring (bicyclic) bond motifs is 2. The number of hydrogen-bond acceptors (Lipinski definition) is 6. The average molecular weight is 428 g/mol. The fourth-order valence-corrected chi connectivity index (χ4v) is 5.58. The molecule has 6 nitrogen and oxygen atoms in total. The third-order valence-electron chi connectivity index (χ3n) is 5.21. The number of aryl methyl sites for hydroxylation is 2. The number of thiophene rings is 1. The quantitative estimate of drug-likeness (QED) is 0.258. The summed E-state index contributed by atoms with van der Waals surface area (Å²) in [6.07, 6.45) is 0.635. The normalized spacial score (nSPS) is 13.6. The maximum atomic E-state index is 12.9. The van der Waals surface area contributed by atoms with Crippen molar-refractivity contribution in [1.82, 2.24) is 14.5 Å². The molecule has 0 bridgehead atoms. The van der Waals surface area contributed by atoms with Crippen LogP contribution in [0.25, 0.3) is 10.2 Å². The lowest BCUT2D eigenvalue weighted by Gasteiger charge is -2.14. The first-order valence-electron chi connectivity index (χ1n) is 9.52. The highest BCUT2D eigenvalue weighted by Crippen LogP contribution is 2.29. The average Bonchev–Trinajstić information content (AvgIpc) is 3.13. The number of thioether (sulfide) groups is 1. The van der Waals surface area contributed by atoms with E-state index in [0.717, 1.165) is 15.3 Å². The largest absolute Gasteiger partial charge is 0.287 e. The van der Waals surface area contributed by atoms with E-state index in [1.807, 2.05) is 20.8 Å². The van der Waals surface area contributed by atoms with Crippen LogP contribution in [0.15, 0.2) is 34.2 Å². The van der Waals surface area contributed by atoms with E-state index in [-0.39, 0.29) is 17.4 Å². The van der Waals surface area contributed by atoms with Gasteiger partial charge in [0.2, 0.25) is 0 Å². The van der Waals surface area contributed by atoms with Gasteiger partial charge in [-0.15, -0.1) is 11.3 Å². The molecule has 2 amide bonds. The van der Waals surface area contributed by atoms with Crippen LogP contribution in [-0.2, 0) is 6.54 Å². The van der Waals surface area contributed by atoms with Gasteiger partial charge >= 0.3 is 0 Å². The first kappa shape index (κ1) is 19.8. The lowest BCUT2D eigenvalue weighted by atomic mass is 10.1. The summed E-state index contributed by atoms with van der Waals surface area (Å²) in [5.74, 6) is 0.199. The fraction of sp³-hybridized carbons (Fsp3) is 0.333. The zero-order valence-electron chi connectivity index (χ0n) is 16.5. The fourth-order valence-electron chi connectivity index (χ4n) is 3.53. The predicted molar refractivity (Wildman–Crippen MR) is 116 cm³/mol. The third-order valence-corrected chi connectivity index (χ3v) is 7.37. The van der Waals surface area contributed by atoms with Crippen LogP contribution in [0.1, 0.15) is 44.5 Å². The van der Waals surface area contributed by atoms with Crippen molar-refractivity contribution < 1.29 is 9.59 Å². The molecule has 0 unspecified atom stereocenters. The van der Waals surface area contributed by atoms with Crippen molar-refractivity contribution in [2.24, 2.45) is 0 Å². The van der Waals surface area contributed by atoms with Crippen molar-refractivity contribution in [2.75, 3.05) is 12.3 Å². The first-order valence-corrected chi connectivity index (χ1v) is 11.3. The molecule has 0 fully saturated rings. The summed E-state index contributed by atoms with van der Waals surface area (Å²) in [5, 5.41) is 1.40. The minimum absolute atomic E-state index is 0.00204. The molecule has 8 heteroatoms. The summed E-state index contributed by atoms with van der Waals surface area (Å²) in [7, 11) is 0. The van der Waals surface area contributed by atoms with E-state index in [2.05, 4.69) is 0 Å². The van der Waals surface area contributed by atoms with Gasteiger partial charge in [-0.05, 0) is 44.9 Å². The number of aromatic nitrogens is 2. The molecule has 1 aliphatic rings. The molecular weight excluding hydrogens is 406 g/mol. The van der Waals surface area contributed by atoms with Gasteiger partial charge in [-0.2, -0.15) is 0 Å². The zero-order chi connectivity index (χ0) is 20.7. The van der Waals surface area contributed by atoms with Crippen LogP contribution < -0.4 is 5.56 Å². The number of imide groups is 1. The van der Waals surface area contributed by atoms with E-state index in [0.29, 0.717) is 46.9 Å². The van der Waals surface area contributed by atoms with Crippen molar-refractivity contribution in [3.8, 4) is 0 Å². The molecule has 3 heterocycles. The maximum Gasteiger partial charge on any atom is 0.263 e. The van der Waals surface area contributed by atoms with Gasteiger partial charge in [-0.1, -0.05) is 23.9 Å². The second-order valence-corrected chi connectivity index (χ2v) is 9.18. The van der Waals surface area contributed by atoms with Gasteiger partial charge in [0.1, 0.15) is 4.83 Å². The Bertz CT molecular complexity index is 1160. The molecule has 29 heavy (non-hydrogen) atoms. The molecule has 2 aromatic heterocycles. The Morgan fingerprint density at radius 3 is 2.34 bits per heavy atom. The standard InChI is InChI=1S/C21H21N3O3S2/c1-4-23-20(27)16-12(2)13(3)29-17(16)22-21(23)28-11-7-10-24-18(25)14-8-5-6-9-15(14)19(24)26/h5-6,8-9H,4,7,10-11H2,1-3H3. The van der Waals surface area contributed by atoms with Crippen LogP contribution >= 0.6 is 23.1 Å². The van der Waals surface area contributed by atoms with Crippen molar-refractivity contribution >= 4 is 45.1 Å². The second kappa shape index (κ2) is 7.76. The molecule has 0 N–H and O–H groups in total. The van der Waals surface area contributed by atoms with E-state index in [4.69, 9.17) is 4.98 Å². The van der Waals surface area contributed by atoms with Crippen molar-refractivity contribution in [3.63, 3.8) is 0 Å². The Kier molecular flexibility index (Phi) is 5.31. The molecule has 1 aromatic carbocycles. The van der Waals surface area contributed by atoms with E-state index in [9.17, 15) is 14.4 Å². The van der Waals surface area contributed by atoms with Gasteiger partial charge < -0.3 is 0 Å². The Morgan fingerprint density at radius 2 is 1.72 bits per heavy atom. The number of benzene rings is 1. The summed E-state index contributed by atoms with van der Waals surface area (Å²) in [5.41, 5.74) is 1.95. The highest BCUT2D eigenvalue weighted by Gasteiger charge is 2.34. The van der Waals surface area contributed by atoms with Crippen LogP contribution in [0.3, 0.4) is 0 Å². The van der Waals surface area contributed by atoms with Crippen LogP contribution in [0.2, 0.25) is 0 Å². The molecule has 3 aromatic rings. The van der Waals surface area contributed by atoms with Gasteiger partial charge in [-0.25, -0.2) is 4.98 Å². The maximum absolute atomic E-state index is 12.9. The van der Waals surface area contributed by atoms with E-state index < -0.39 is 0 Å². The number of amides is 2. The van der Waals surface area contributed by atoms with Gasteiger partial charge in [0.05, 0.1) is 16.5 Å². The first-order chi connectivity index (χ1) is 13.9. The minimum atomic E-state index is -0.231. The van der Waals surface area contributed by atoms with E-state index >= 15 is 0 Å². The smallest absolute Gasteiger partial charge is 0.263 e. The van der Waals surface area contributed by atoms with Gasteiger partial charge in [-0.3, -0.25) is 23.9 Å². The van der Waals surface area contributed by atoms with Gasteiger partial charge in [0, 0.05) is 23.7 Å². The Hall–Kier alpha value is -2.45. The Balaban J connectivity index is 1.47. The molecule has 0 saturated heterocycles. The number of hydrogen-bond donors (Lipinski definition) is 0. The number of rotatable bonds is 6. The van der Waals surface area contributed by atoms with Gasteiger partial charge in [0.15, 0.2) is 5.16 Å². The second-order valence-electron chi connectivity index (χ2n) is 6.92. The van der Waals surface area contributed by atoms with Crippen molar-refractivity contribution in [3.05, 3.63) is 56.2 Å². The molecule has 0 aliphatic carbocycles. The number of carbonyl (C=O) groups is 2. The summed E-state index contributed by atoms with van der Waals surface area (Å²) in [4.78, 5) is 45.7. The number of carbonyl (C=O) groups excluding carboxylic acids is 2. The van der Waals surface area contributed by atoms with E-state index in [1.165, 1.54) is 16.7 Å². The SMILES string of the molecule is CCn1c(SCCCN2C(=O)c3ccccc3C2=O)nc2sc(C)c(C)c2c1=O. The molecule has 4 rings (SSSR count). The van der Waals surface area contributed by atoms with Crippen LogP contribution in [0.5, 0.6) is 0 Å². The van der Waals surface area contributed by atoms with Gasteiger partial charge in [0.25, 0.3) is 17.4 Å². The monoisotopic (exact) mass is 427 g/mol. The zero-order valence-corrected chi connectivity index (χ0v) is 18.2. The molecule has 1 aliphatic heterocycles. The Morgan fingerprint density at radius 1 is 1.07 bits per heavy atom. The molecule has 0 radical (unpaired) electrons. The van der Waals surface area contributed by atoms with Crippen molar-refractivity contribution in [1.29, 1.82) is 0 Å². The topological polar surface area (TPSA) is 72.3 Å². The Labute approximate surface area is 176 Å². The van der Waals surface area contributed by atoms with Crippen LogP contribution in [0.4, 0.5) is 0 Å².